The fourth-order valence-electron chi connectivity index (χ4n) is 3.31. The van der Waals surface area contributed by atoms with Gasteiger partial charge in [-0.1, -0.05) is 55.5 Å². The maximum atomic E-state index is 13.5. The molecule has 1 aromatic heterocycles. The lowest BCUT2D eigenvalue weighted by atomic mass is 10.1. The van der Waals surface area contributed by atoms with Crippen LogP contribution in [0.5, 0.6) is 0 Å². The molecule has 9 nitrogen and oxygen atoms in total. The molecule has 2 aromatic carbocycles. The maximum Gasteiger partial charge on any atom is 0.414 e. The molecule has 0 amide bonds. The number of aryl methyl sites for hydroxylation is 3. The summed E-state index contributed by atoms with van der Waals surface area (Å²) in [6, 6.07) is 13.2. The van der Waals surface area contributed by atoms with Gasteiger partial charge in [0.15, 0.2) is 5.82 Å². The minimum Gasteiger partial charge on any atom is -0.473 e. The molecule has 0 aliphatic rings. The van der Waals surface area contributed by atoms with Crippen LogP contribution in [0.2, 0.25) is 0 Å². The molecule has 0 unspecified atom stereocenters. The SMILES string of the molecule is C.CNCc1cn(S(=O)(=O)c2c(C)cc(C)cc2C)c(-c2ccccc2)n1.O=C(O)C(=O)O. The highest BCUT2D eigenvalue weighted by molar-refractivity contribution is 7.90. The molecule has 3 aromatic rings. The Hall–Kier alpha value is -3.50. The largest absolute Gasteiger partial charge is 0.473 e. The monoisotopic (exact) mass is 475 g/mol. The lowest BCUT2D eigenvalue weighted by molar-refractivity contribution is -0.159. The van der Waals surface area contributed by atoms with Gasteiger partial charge >= 0.3 is 11.9 Å². The first kappa shape index (κ1) is 27.5. The van der Waals surface area contributed by atoms with Crippen LogP contribution in [0.3, 0.4) is 0 Å². The van der Waals surface area contributed by atoms with Crippen LogP contribution in [0.4, 0.5) is 0 Å². The number of hydrogen-bond acceptors (Lipinski definition) is 6. The molecule has 0 aliphatic carbocycles. The zero-order valence-corrected chi connectivity index (χ0v) is 19.0. The zero-order valence-electron chi connectivity index (χ0n) is 18.2. The lowest BCUT2D eigenvalue weighted by Gasteiger charge is -2.14. The Morgan fingerprint density at radius 3 is 1.97 bits per heavy atom. The van der Waals surface area contributed by atoms with Gasteiger partial charge in [0.05, 0.1) is 10.6 Å². The Labute approximate surface area is 193 Å². The number of carbonyl (C=O) groups is 2. The number of rotatable bonds is 5. The lowest BCUT2D eigenvalue weighted by Crippen LogP contribution is -2.16. The summed E-state index contributed by atoms with van der Waals surface area (Å²) in [7, 11) is -1.96. The third-order valence-corrected chi connectivity index (χ3v) is 6.38. The van der Waals surface area contributed by atoms with Crippen molar-refractivity contribution in [3.8, 4) is 11.4 Å². The summed E-state index contributed by atoms with van der Waals surface area (Å²) < 4.78 is 28.3. The van der Waals surface area contributed by atoms with Gasteiger partial charge in [-0.2, -0.15) is 0 Å². The van der Waals surface area contributed by atoms with Crippen LogP contribution >= 0.6 is 0 Å². The molecule has 33 heavy (non-hydrogen) atoms. The maximum absolute atomic E-state index is 13.5. The van der Waals surface area contributed by atoms with Gasteiger partial charge in [0.2, 0.25) is 0 Å². The summed E-state index contributed by atoms with van der Waals surface area (Å²) in [5, 5.41) is 17.8. The van der Waals surface area contributed by atoms with Gasteiger partial charge in [-0.3, -0.25) is 0 Å². The van der Waals surface area contributed by atoms with Gasteiger partial charge < -0.3 is 15.5 Å². The van der Waals surface area contributed by atoms with E-state index in [4.69, 9.17) is 19.8 Å². The average Bonchev–Trinajstić information content (AvgIpc) is 3.13. The highest BCUT2D eigenvalue weighted by Gasteiger charge is 2.26. The Morgan fingerprint density at radius 2 is 1.52 bits per heavy atom. The number of imidazole rings is 1. The van der Waals surface area contributed by atoms with Gasteiger partial charge in [0, 0.05) is 18.3 Å². The van der Waals surface area contributed by atoms with E-state index in [0.717, 1.165) is 22.3 Å². The molecule has 3 N–H and O–H groups in total. The Kier molecular flexibility index (Phi) is 9.50. The second-order valence-electron chi connectivity index (χ2n) is 7.09. The normalized spacial score (nSPS) is 10.5. The zero-order chi connectivity index (χ0) is 24.1. The molecule has 0 atom stereocenters. The molecular weight excluding hydrogens is 446 g/mol. The topological polar surface area (TPSA) is 139 Å². The molecule has 0 fully saturated rings. The van der Waals surface area contributed by atoms with Crippen LogP contribution in [0.25, 0.3) is 11.4 Å². The van der Waals surface area contributed by atoms with E-state index < -0.39 is 22.0 Å². The molecule has 0 aliphatic heterocycles. The molecule has 0 saturated carbocycles. The van der Waals surface area contributed by atoms with Crippen molar-refractivity contribution in [2.24, 2.45) is 0 Å². The van der Waals surface area contributed by atoms with Crippen LogP contribution in [0.1, 0.15) is 29.8 Å². The van der Waals surface area contributed by atoms with Crippen molar-refractivity contribution in [3.05, 3.63) is 71.0 Å². The van der Waals surface area contributed by atoms with E-state index in [0.29, 0.717) is 23.0 Å². The van der Waals surface area contributed by atoms with E-state index >= 15 is 0 Å². The fourth-order valence-corrected chi connectivity index (χ4v) is 5.07. The second kappa shape index (κ2) is 11.4. The number of nitrogens with one attached hydrogen (secondary N) is 1. The van der Waals surface area contributed by atoms with Gasteiger partial charge in [-0.25, -0.2) is 27.0 Å². The van der Waals surface area contributed by atoms with Crippen molar-refractivity contribution in [2.75, 3.05) is 7.05 Å². The first-order valence-electron chi connectivity index (χ1n) is 9.57. The van der Waals surface area contributed by atoms with Gasteiger partial charge in [-0.15, -0.1) is 0 Å². The van der Waals surface area contributed by atoms with Crippen molar-refractivity contribution in [2.45, 2.75) is 39.6 Å². The predicted octanol–water partition coefficient (Wildman–Crippen LogP) is 3.22. The highest BCUT2D eigenvalue weighted by atomic mass is 32.2. The van der Waals surface area contributed by atoms with Crippen molar-refractivity contribution in [1.29, 1.82) is 0 Å². The predicted molar refractivity (Wildman–Crippen MR) is 126 cm³/mol. The van der Waals surface area contributed by atoms with E-state index in [2.05, 4.69) is 10.3 Å². The standard InChI is InChI=1S/C20H23N3O2S.C2H2O4.CH4/c1-14-10-15(2)19(16(3)11-14)26(24,25)23-13-18(12-21-4)22-20(23)17-8-6-5-7-9-17;3-1(4)2(5)6;/h5-11,13,21H,12H2,1-4H3;(H,3,4)(H,5,6);1H4. The van der Waals surface area contributed by atoms with E-state index in [-0.39, 0.29) is 7.43 Å². The summed E-state index contributed by atoms with van der Waals surface area (Å²) in [6.45, 7) is 6.13. The third kappa shape index (κ3) is 6.50. The first-order chi connectivity index (χ1) is 15.0. The van der Waals surface area contributed by atoms with Gasteiger partial charge in [0.25, 0.3) is 10.0 Å². The van der Waals surface area contributed by atoms with E-state index in [1.807, 2.05) is 70.3 Å². The van der Waals surface area contributed by atoms with Crippen LogP contribution in [0, 0.1) is 20.8 Å². The molecule has 0 saturated heterocycles. The number of carboxylic acids is 2. The van der Waals surface area contributed by atoms with Crippen molar-refractivity contribution in [3.63, 3.8) is 0 Å². The summed E-state index contributed by atoms with van der Waals surface area (Å²) in [6.07, 6.45) is 1.60. The Balaban J connectivity index is 0.000000691. The minimum atomic E-state index is -3.77. The van der Waals surface area contributed by atoms with Crippen molar-refractivity contribution < 1.29 is 28.2 Å². The number of aliphatic carboxylic acids is 2. The molecular formula is C23H29N3O6S. The highest BCUT2D eigenvalue weighted by Crippen LogP contribution is 2.28. The smallest absolute Gasteiger partial charge is 0.414 e. The molecule has 1 heterocycles. The summed E-state index contributed by atoms with van der Waals surface area (Å²) in [4.78, 5) is 23.1. The van der Waals surface area contributed by atoms with Gasteiger partial charge in [0.1, 0.15) is 0 Å². The minimum absolute atomic E-state index is 0. The van der Waals surface area contributed by atoms with Crippen molar-refractivity contribution in [1.82, 2.24) is 14.3 Å². The second-order valence-corrected chi connectivity index (χ2v) is 8.84. The average molecular weight is 476 g/mol. The number of aromatic nitrogens is 2. The summed E-state index contributed by atoms with van der Waals surface area (Å²) >= 11 is 0. The van der Waals surface area contributed by atoms with E-state index in [9.17, 15) is 8.42 Å². The molecule has 0 radical (unpaired) electrons. The number of nitrogens with zero attached hydrogens (tertiary/aromatic N) is 2. The van der Waals surface area contributed by atoms with Crippen LogP contribution in [-0.2, 0) is 26.2 Å². The molecule has 10 heteroatoms. The van der Waals surface area contributed by atoms with E-state index in [1.54, 1.807) is 6.20 Å². The molecule has 0 spiro atoms. The molecule has 3 rings (SSSR count). The van der Waals surface area contributed by atoms with Gasteiger partial charge in [-0.05, 0) is 38.9 Å². The van der Waals surface area contributed by atoms with Crippen molar-refractivity contribution >= 4 is 22.0 Å². The molecule has 0 bridgehead atoms. The van der Waals surface area contributed by atoms with Crippen LogP contribution < -0.4 is 5.32 Å². The number of benzene rings is 2. The molecule has 178 valence electrons. The summed E-state index contributed by atoms with van der Waals surface area (Å²) in [5.41, 5.74) is 3.97. The van der Waals surface area contributed by atoms with Crippen LogP contribution in [0.15, 0.2) is 53.6 Å². The Morgan fingerprint density at radius 1 is 1.00 bits per heavy atom. The third-order valence-electron chi connectivity index (χ3n) is 4.42. The Bertz CT molecular complexity index is 1200. The number of carboxylic acid groups (broad SMARTS) is 2. The van der Waals surface area contributed by atoms with Crippen LogP contribution in [-0.4, -0.2) is 46.6 Å². The summed E-state index contributed by atoms with van der Waals surface area (Å²) in [5.74, 6) is -3.22. The quantitative estimate of drug-likeness (QED) is 0.478. The first-order valence-corrected chi connectivity index (χ1v) is 11.0. The number of hydrogen-bond donors (Lipinski definition) is 3. The fraction of sp³-hybridized carbons (Fsp3) is 0.261. The van der Waals surface area contributed by atoms with E-state index in [1.165, 1.54) is 3.97 Å².